The molecule has 0 atom stereocenters. The molecule has 4 rings (SSSR count). The van der Waals surface area contributed by atoms with Crippen LogP contribution in [0, 0.1) is 0 Å². The molecular weight excluding hydrogens is 352 g/mol. The molecule has 0 fully saturated rings. The fourth-order valence-corrected chi connectivity index (χ4v) is 3.95. The monoisotopic (exact) mass is 374 g/mol. The fourth-order valence-electron chi connectivity index (χ4n) is 3.20. The van der Waals surface area contributed by atoms with E-state index in [1.807, 2.05) is 18.6 Å². The highest BCUT2D eigenvalue weighted by Crippen LogP contribution is 2.27. The van der Waals surface area contributed by atoms with E-state index >= 15 is 0 Å². The summed E-state index contributed by atoms with van der Waals surface area (Å²) in [4.78, 5) is 7.85. The van der Waals surface area contributed by atoms with E-state index in [1.54, 1.807) is 11.3 Å². The number of thiophene rings is 1. The smallest absolute Gasteiger partial charge is 0.0794 e. The molecule has 0 spiro atoms. The van der Waals surface area contributed by atoms with Crippen LogP contribution in [0.1, 0.15) is 16.7 Å². The number of pyridine rings is 1. The summed E-state index contributed by atoms with van der Waals surface area (Å²) < 4.78 is 0. The Morgan fingerprint density at radius 2 is 1.74 bits per heavy atom. The van der Waals surface area contributed by atoms with Gasteiger partial charge in [-0.15, -0.1) is 11.3 Å². The summed E-state index contributed by atoms with van der Waals surface area (Å²) in [6.45, 7) is 2.74. The van der Waals surface area contributed by atoms with Gasteiger partial charge in [0.1, 0.15) is 0 Å². The van der Waals surface area contributed by atoms with E-state index in [-0.39, 0.29) is 0 Å². The minimum absolute atomic E-state index is 0.860. The van der Waals surface area contributed by atoms with Gasteiger partial charge in [0, 0.05) is 37.6 Å². The number of hydrogen-bond acceptors (Lipinski definition) is 4. The minimum Gasteiger partial charge on any atom is -0.294 e. The normalized spacial score (nSPS) is 11.1. The molecule has 3 aromatic heterocycles. The Bertz CT molecular complexity index is 933. The number of aromatic amines is 1. The van der Waals surface area contributed by atoms with Gasteiger partial charge in [0.15, 0.2) is 0 Å². The third-order valence-corrected chi connectivity index (χ3v) is 5.48. The van der Waals surface area contributed by atoms with E-state index in [4.69, 9.17) is 0 Å². The average Bonchev–Trinajstić information content (AvgIpc) is 3.39. The average molecular weight is 375 g/mol. The highest BCUT2D eigenvalue weighted by molar-refractivity contribution is 7.13. The Hall–Kier alpha value is -2.76. The maximum atomic E-state index is 4.30. The van der Waals surface area contributed by atoms with E-state index in [0.29, 0.717) is 0 Å². The van der Waals surface area contributed by atoms with Crippen molar-refractivity contribution < 1.29 is 0 Å². The van der Waals surface area contributed by atoms with Gasteiger partial charge in [0.2, 0.25) is 0 Å². The van der Waals surface area contributed by atoms with Crippen molar-refractivity contribution in [2.45, 2.75) is 19.5 Å². The fraction of sp³-hybridized carbons (Fsp3) is 0.182. The van der Waals surface area contributed by atoms with Crippen molar-refractivity contribution in [3.8, 4) is 10.6 Å². The molecule has 5 heteroatoms. The quantitative estimate of drug-likeness (QED) is 0.483. The van der Waals surface area contributed by atoms with Gasteiger partial charge in [-0.25, -0.2) is 0 Å². The molecule has 0 saturated carbocycles. The third-order valence-electron chi connectivity index (χ3n) is 4.59. The molecule has 27 heavy (non-hydrogen) atoms. The van der Waals surface area contributed by atoms with Crippen LogP contribution in [0.15, 0.2) is 78.6 Å². The number of nitrogens with one attached hydrogen (secondary N) is 1. The second kappa shape index (κ2) is 8.75. The molecule has 0 aliphatic rings. The van der Waals surface area contributed by atoms with Gasteiger partial charge in [-0.2, -0.15) is 5.10 Å². The molecule has 1 aromatic carbocycles. The third kappa shape index (κ3) is 4.70. The summed E-state index contributed by atoms with van der Waals surface area (Å²) in [5, 5.41) is 9.58. The van der Waals surface area contributed by atoms with Crippen molar-refractivity contribution in [2.75, 3.05) is 6.54 Å². The number of rotatable bonds is 8. The predicted molar refractivity (Wildman–Crippen MR) is 110 cm³/mol. The molecule has 0 amide bonds. The SMILES string of the molecule is c1ccc(CCN(Cc2ccncc2)Cc2cn[nH]c2-c2cccs2)cc1. The molecule has 0 aliphatic carbocycles. The summed E-state index contributed by atoms with van der Waals surface area (Å²) >= 11 is 1.74. The molecule has 4 nitrogen and oxygen atoms in total. The van der Waals surface area contributed by atoms with Crippen LogP contribution in [0.4, 0.5) is 0 Å². The van der Waals surface area contributed by atoms with Crippen LogP contribution < -0.4 is 0 Å². The first kappa shape index (κ1) is 17.6. The molecule has 0 saturated heterocycles. The van der Waals surface area contributed by atoms with Crippen molar-refractivity contribution in [3.63, 3.8) is 0 Å². The molecule has 1 N–H and O–H groups in total. The van der Waals surface area contributed by atoms with Gasteiger partial charge < -0.3 is 0 Å². The molecule has 0 radical (unpaired) electrons. The molecule has 0 unspecified atom stereocenters. The first-order valence-electron chi connectivity index (χ1n) is 9.10. The van der Waals surface area contributed by atoms with E-state index < -0.39 is 0 Å². The van der Waals surface area contributed by atoms with Gasteiger partial charge in [0.05, 0.1) is 16.8 Å². The lowest BCUT2D eigenvalue weighted by molar-refractivity contribution is 0.260. The van der Waals surface area contributed by atoms with Gasteiger partial charge in [-0.3, -0.25) is 15.0 Å². The van der Waals surface area contributed by atoms with Crippen LogP contribution in [-0.2, 0) is 19.5 Å². The summed E-state index contributed by atoms with van der Waals surface area (Å²) in [5.41, 5.74) is 5.01. The standard InChI is InChI=1S/C22H22N4S/c1-2-5-18(6-3-1)10-13-26(16-19-8-11-23-12-9-19)17-20-15-24-25-22(20)21-7-4-14-27-21/h1-9,11-12,14-15H,10,13,16-17H2,(H,24,25). The van der Waals surface area contributed by atoms with Crippen molar-refractivity contribution >= 4 is 11.3 Å². The van der Waals surface area contributed by atoms with Crippen molar-refractivity contribution in [2.24, 2.45) is 0 Å². The summed E-state index contributed by atoms with van der Waals surface area (Å²) in [5.74, 6) is 0. The number of benzene rings is 1. The number of hydrogen-bond donors (Lipinski definition) is 1. The van der Waals surface area contributed by atoms with Crippen LogP contribution in [0.2, 0.25) is 0 Å². The van der Waals surface area contributed by atoms with E-state index in [9.17, 15) is 0 Å². The Kier molecular flexibility index (Phi) is 5.72. The van der Waals surface area contributed by atoms with Crippen molar-refractivity contribution in [3.05, 3.63) is 95.3 Å². The first-order valence-corrected chi connectivity index (χ1v) is 9.98. The number of aromatic nitrogens is 3. The van der Waals surface area contributed by atoms with Crippen LogP contribution in [0.5, 0.6) is 0 Å². The maximum Gasteiger partial charge on any atom is 0.0794 e. The van der Waals surface area contributed by atoms with E-state index in [1.165, 1.54) is 21.6 Å². The summed E-state index contributed by atoms with van der Waals surface area (Å²) in [7, 11) is 0. The van der Waals surface area contributed by atoms with Gasteiger partial charge in [-0.1, -0.05) is 36.4 Å². The zero-order valence-corrected chi connectivity index (χ0v) is 15.9. The Morgan fingerprint density at radius 3 is 2.52 bits per heavy atom. The number of H-pyrrole nitrogens is 1. The minimum atomic E-state index is 0.860. The Morgan fingerprint density at radius 1 is 0.889 bits per heavy atom. The lowest BCUT2D eigenvalue weighted by atomic mass is 10.1. The highest BCUT2D eigenvalue weighted by atomic mass is 32.1. The van der Waals surface area contributed by atoms with Crippen LogP contribution >= 0.6 is 11.3 Å². The molecule has 0 aliphatic heterocycles. The largest absolute Gasteiger partial charge is 0.294 e. The van der Waals surface area contributed by atoms with Crippen molar-refractivity contribution in [1.29, 1.82) is 0 Å². The van der Waals surface area contributed by atoms with E-state index in [0.717, 1.165) is 31.7 Å². The predicted octanol–water partition coefficient (Wildman–Crippen LogP) is 4.78. The van der Waals surface area contributed by atoms with Crippen LogP contribution in [0.3, 0.4) is 0 Å². The number of nitrogens with zero attached hydrogens (tertiary/aromatic N) is 3. The van der Waals surface area contributed by atoms with Gasteiger partial charge in [-0.05, 0) is 41.1 Å². The van der Waals surface area contributed by atoms with E-state index in [2.05, 4.69) is 80.1 Å². The van der Waals surface area contributed by atoms with Crippen molar-refractivity contribution in [1.82, 2.24) is 20.1 Å². The second-order valence-electron chi connectivity index (χ2n) is 6.55. The Labute approximate surface area is 163 Å². The first-order chi connectivity index (χ1) is 13.4. The zero-order chi connectivity index (χ0) is 18.3. The maximum absolute atomic E-state index is 4.30. The molecule has 0 bridgehead atoms. The van der Waals surface area contributed by atoms with Crippen LogP contribution in [0.25, 0.3) is 10.6 Å². The second-order valence-corrected chi connectivity index (χ2v) is 7.50. The lowest BCUT2D eigenvalue weighted by Crippen LogP contribution is -2.25. The molecule has 136 valence electrons. The lowest BCUT2D eigenvalue weighted by Gasteiger charge is -2.22. The highest BCUT2D eigenvalue weighted by Gasteiger charge is 2.14. The summed E-state index contributed by atoms with van der Waals surface area (Å²) in [6.07, 6.45) is 6.70. The van der Waals surface area contributed by atoms with Gasteiger partial charge in [0.25, 0.3) is 0 Å². The summed E-state index contributed by atoms with van der Waals surface area (Å²) in [6, 6.07) is 19.1. The molecule has 3 heterocycles. The van der Waals surface area contributed by atoms with Gasteiger partial charge >= 0.3 is 0 Å². The molecular formula is C22H22N4S. The van der Waals surface area contributed by atoms with Crippen LogP contribution in [-0.4, -0.2) is 26.6 Å². The topological polar surface area (TPSA) is 44.8 Å². The zero-order valence-electron chi connectivity index (χ0n) is 15.1. The Balaban J connectivity index is 1.52. The molecule has 4 aromatic rings.